The van der Waals surface area contributed by atoms with E-state index in [1.165, 1.54) is 16.4 Å². The number of amides is 1. The van der Waals surface area contributed by atoms with Crippen molar-refractivity contribution >= 4 is 44.8 Å². The number of hydrogen-bond donors (Lipinski definition) is 1. The number of halogens is 2. The maximum atomic E-state index is 12.9. The fraction of sp³-hybridized carbons (Fsp3) is 0.278. The zero-order valence-electron chi connectivity index (χ0n) is 14.1. The number of carbonyl (C=O) groups is 1. The summed E-state index contributed by atoms with van der Waals surface area (Å²) in [5, 5.41) is 3.59. The largest absolute Gasteiger partial charge is 0.323 e. The van der Waals surface area contributed by atoms with Crippen LogP contribution in [0, 0.1) is 6.92 Å². The highest BCUT2D eigenvalue weighted by Crippen LogP contribution is 2.32. The van der Waals surface area contributed by atoms with Gasteiger partial charge in [0.25, 0.3) is 0 Å². The average Bonchev–Trinajstić information content (AvgIpc) is 3.14. The molecule has 8 heteroatoms. The minimum Gasteiger partial charge on any atom is -0.323 e. The molecule has 1 N–H and O–H groups in total. The van der Waals surface area contributed by atoms with Crippen LogP contribution in [0.3, 0.4) is 0 Å². The van der Waals surface area contributed by atoms with E-state index in [0.717, 1.165) is 0 Å². The third-order valence-electron chi connectivity index (χ3n) is 4.43. The van der Waals surface area contributed by atoms with Crippen molar-refractivity contribution in [2.75, 3.05) is 11.9 Å². The van der Waals surface area contributed by atoms with Gasteiger partial charge in [0.1, 0.15) is 6.04 Å². The number of hydrogen-bond acceptors (Lipinski definition) is 3. The van der Waals surface area contributed by atoms with Gasteiger partial charge in [0.05, 0.1) is 15.6 Å². The molecular formula is C18H18Cl2N2O3S. The molecule has 0 unspecified atom stereocenters. The molecule has 0 radical (unpaired) electrons. The van der Waals surface area contributed by atoms with Gasteiger partial charge < -0.3 is 5.32 Å². The summed E-state index contributed by atoms with van der Waals surface area (Å²) in [6.07, 6.45) is 1.08. The summed E-state index contributed by atoms with van der Waals surface area (Å²) in [5.41, 5.74) is 1.08. The molecule has 1 aliphatic heterocycles. The van der Waals surface area contributed by atoms with E-state index in [9.17, 15) is 13.2 Å². The molecule has 0 aromatic heterocycles. The van der Waals surface area contributed by atoms with Gasteiger partial charge in [-0.2, -0.15) is 4.31 Å². The van der Waals surface area contributed by atoms with E-state index < -0.39 is 22.0 Å². The molecule has 1 aliphatic rings. The van der Waals surface area contributed by atoms with E-state index in [2.05, 4.69) is 5.32 Å². The quantitative estimate of drug-likeness (QED) is 0.821. The van der Waals surface area contributed by atoms with Crippen molar-refractivity contribution < 1.29 is 13.2 Å². The highest BCUT2D eigenvalue weighted by atomic mass is 35.5. The molecule has 138 valence electrons. The maximum absolute atomic E-state index is 12.9. The van der Waals surface area contributed by atoms with E-state index in [-0.39, 0.29) is 4.90 Å². The van der Waals surface area contributed by atoms with Crippen LogP contribution in [0.4, 0.5) is 5.69 Å². The maximum Gasteiger partial charge on any atom is 0.243 e. The van der Waals surface area contributed by atoms with E-state index >= 15 is 0 Å². The third-order valence-corrected chi connectivity index (χ3v) is 7.25. The standard InChI is InChI=1S/C18H18Cl2N2O3S/c1-12-14(19)9-10-15(17(12)20)21-18(23)16-8-5-11-22(16)26(24,25)13-6-3-2-4-7-13/h2-4,6-7,9-10,16H,5,8,11H2,1H3,(H,21,23)/t16-/m1/s1. The van der Waals surface area contributed by atoms with Gasteiger partial charge in [-0.25, -0.2) is 8.42 Å². The van der Waals surface area contributed by atoms with Crippen LogP contribution >= 0.6 is 23.2 Å². The third kappa shape index (κ3) is 3.60. The Labute approximate surface area is 163 Å². The molecule has 5 nitrogen and oxygen atoms in total. The first kappa shape index (κ1) is 19.2. The Morgan fingerprint density at radius 3 is 2.54 bits per heavy atom. The molecule has 0 aliphatic carbocycles. The smallest absolute Gasteiger partial charge is 0.243 e. The zero-order valence-corrected chi connectivity index (χ0v) is 16.4. The van der Waals surface area contributed by atoms with Crippen LogP contribution in [0.15, 0.2) is 47.4 Å². The van der Waals surface area contributed by atoms with Crippen LogP contribution in [-0.2, 0) is 14.8 Å². The fourth-order valence-electron chi connectivity index (χ4n) is 2.99. The Balaban J connectivity index is 1.85. The second-order valence-electron chi connectivity index (χ2n) is 6.11. The lowest BCUT2D eigenvalue weighted by Gasteiger charge is -2.23. The van der Waals surface area contributed by atoms with Gasteiger partial charge in [-0.15, -0.1) is 0 Å². The Bertz CT molecular complexity index is 933. The van der Waals surface area contributed by atoms with Crippen molar-refractivity contribution in [3.05, 3.63) is 58.1 Å². The first-order valence-corrected chi connectivity index (χ1v) is 10.3. The molecule has 0 saturated carbocycles. The van der Waals surface area contributed by atoms with Gasteiger partial charge in [-0.05, 0) is 49.6 Å². The van der Waals surface area contributed by atoms with Crippen molar-refractivity contribution in [3.8, 4) is 0 Å². The molecular weight excluding hydrogens is 395 g/mol. The molecule has 1 fully saturated rings. The normalized spacial score (nSPS) is 18.0. The minimum absolute atomic E-state index is 0.181. The molecule has 2 aromatic rings. The molecule has 1 heterocycles. The lowest BCUT2D eigenvalue weighted by Crippen LogP contribution is -2.43. The van der Waals surface area contributed by atoms with Crippen LogP contribution in [0.2, 0.25) is 10.0 Å². The Hall–Kier alpha value is -1.60. The van der Waals surface area contributed by atoms with Crippen LogP contribution in [-0.4, -0.2) is 31.2 Å². The fourth-order valence-corrected chi connectivity index (χ4v) is 5.09. The van der Waals surface area contributed by atoms with Crippen molar-refractivity contribution in [2.24, 2.45) is 0 Å². The van der Waals surface area contributed by atoms with Crippen LogP contribution < -0.4 is 5.32 Å². The number of nitrogens with zero attached hydrogens (tertiary/aromatic N) is 1. The van der Waals surface area contributed by atoms with Crippen LogP contribution in [0.5, 0.6) is 0 Å². The number of carbonyl (C=O) groups excluding carboxylic acids is 1. The molecule has 1 amide bonds. The number of anilines is 1. The van der Waals surface area contributed by atoms with Crippen molar-refractivity contribution in [1.82, 2.24) is 4.31 Å². The number of benzene rings is 2. The van der Waals surface area contributed by atoms with Gasteiger partial charge in [-0.3, -0.25) is 4.79 Å². The molecule has 26 heavy (non-hydrogen) atoms. The second kappa shape index (κ2) is 7.56. The molecule has 1 saturated heterocycles. The summed E-state index contributed by atoms with van der Waals surface area (Å²) in [6.45, 7) is 2.06. The number of sulfonamides is 1. The van der Waals surface area contributed by atoms with Crippen LogP contribution in [0.25, 0.3) is 0 Å². The SMILES string of the molecule is Cc1c(Cl)ccc(NC(=O)[C@H]2CCCN2S(=O)(=O)c2ccccc2)c1Cl. The Kier molecular flexibility index (Phi) is 5.58. The monoisotopic (exact) mass is 412 g/mol. The first-order valence-electron chi connectivity index (χ1n) is 8.14. The molecule has 1 atom stereocenters. The van der Waals surface area contributed by atoms with Gasteiger partial charge >= 0.3 is 0 Å². The lowest BCUT2D eigenvalue weighted by molar-refractivity contribution is -0.119. The molecule has 3 rings (SSSR count). The lowest BCUT2D eigenvalue weighted by atomic mass is 10.2. The highest BCUT2D eigenvalue weighted by molar-refractivity contribution is 7.89. The summed E-state index contributed by atoms with van der Waals surface area (Å²) in [6, 6.07) is 10.6. The Morgan fingerprint density at radius 2 is 1.85 bits per heavy atom. The Morgan fingerprint density at radius 1 is 1.15 bits per heavy atom. The number of rotatable bonds is 4. The van der Waals surface area contributed by atoms with Crippen LogP contribution in [0.1, 0.15) is 18.4 Å². The predicted octanol–water partition coefficient (Wildman–Crippen LogP) is 4.09. The minimum atomic E-state index is -3.73. The van der Waals surface area contributed by atoms with Gasteiger partial charge in [-0.1, -0.05) is 41.4 Å². The highest BCUT2D eigenvalue weighted by Gasteiger charge is 2.39. The molecule has 2 aromatic carbocycles. The van der Waals surface area contributed by atoms with E-state index in [4.69, 9.17) is 23.2 Å². The summed E-state index contributed by atoms with van der Waals surface area (Å²) in [5.74, 6) is -0.398. The molecule has 0 spiro atoms. The van der Waals surface area contributed by atoms with Crippen molar-refractivity contribution in [2.45, 2.75) is 30.7 Å². The summed E-state index contributed by atoms with van der Waals surface area (Å²) in [7, 11) is -3.73. The zero-order chi connectivity index (χ0) is 18.9. The summed E-state index contributed by atoms with van der Waals surface area (Å²) >= 11 is 12.3. The first-order chi connectivity index (χ1) is 12.3. The van der Waals surface area contributed by atoms with E-state index in [1.807, 2.05) is 0 Å². The van der Waals surface area contributed by atoms with Gasteiger partial charge in [0.2, 0.25) is 15.9 Å². The summed E-state index contributed by atoms with van der Waals surface area (Å²) < 4.78 is 27.0. The topological polar surface area (TPSA) is 66.5 Å². The molecule has 0 bridgehead atoms. The average molecular weight is 413 g/mol. The van der Waals surface area contributed by atoms with E-state index in [1.54, 1.807) is 37.3 Å². The number of nitrogens with one attached hydrogen (secondary N) is 1. The summed E-state index contributed by atoms with van der Waals surface area (Å²) in [4.78, 5) is 12.9. The van der Waals surface area contributed by atoms with Crippen molar-refractivity contribution in [1.29, 1.82) is 0 Å². The second-order valence-corrected chi connectivity index (χ2v) is 8.79. The van der Waals surface area contributed by atoms with Gasteiger partial charge in [0.15, 0.2) is 0 Å². The van der Waals surface area contributed by atoms with Crippen molar-refractivity contribution in [3.63, 3.8) is 0 Å². The van der Waals surface area contributed by atoms with Gasteiger partial charge in [0, 0.05) is 11.6 Å². The predicted molar refractivity (Wildman–Crippen MR) is 103 cm³/mol. The van der Waals surface area contributed by atoms with E-state index in [0.29, 0.717) is 40.7 Å².